The summed E-state index contributed by atoms with van der Waals surface area (Å²) in [7, 11) is 0. The third kappa shape index (κ3) is 4.00. The van der Waals surface area contributed by atoms with E-state index < -0.39 is 0 Å². The second kappa shape index (κ2) is 10.6. The van der Waals surface area contributed by atoms with E-state index in [9.17, 15) is 0 Å². The molecule has 2 heterocycles. The van der Waals surface area contributed by atoms with Crippen molar-refractivity contribution in [3.63, 3.8) is 0 Å². The van der Waals surface area contributed by atoms with Gasteiger partial charge < -0.3 is 4.57 Å². The minimum atomic E-state index is 1.21. The maximum atomic E-state index is 2.48. The van der Waals surface area contributed by atoms with Crippen molar-refractivity contribution < 1.29 is 0 Å². The second-order valence-corrected chi connectivity index (χ2v) is 14.3. The number of para-hydroxylation sites is 1. The van der Waals surface area contributed by atoms with E-state index in [1.165, 1.54) is 102 Å². The molecule has 0 unspecified atom stereocenters. The second-order valence-electron chi connectivity index (χ2n) is 13.3. The molecule has 1 nitrogen and oxygen atoms in total. The molecule has 0 saturated heterocycles. The summed E-state index contributed by atoms with van der Waals surface area (Å²) in [6.07, 6.45) is 0. The highest BCUT2D eigenvalue weighted by atomic mass is 32.1. The van der Waals surface area contributed by atoms with Crippen molar-refractivity contribution in [2.24, 2.45) is 0 Å². The van der Waals surface area contributed by atoms with Gasteiger partial charge in [-0.1, -0.05) is 140 Å². The smallest absolute Gasteiger partial charge is 0.0640 e. The van der Waals surface area contributed by atoms with Gasteiger partial charge >= 0.3 is 0 Å². The summed E-state index contributed by atoms with van der Waals surface area (Å²) in [6.45, 7) is 0. The zero-order chi connectivity index (χ0) is 32.8. The Morgan fingerprint density at radius 2 is 0.800 bits per heavy atom. The largest absolute Gasteiger partial charge is 0.308 e. The van der Waals surface area contributed by atoms with Crippen LogP contribution in [0.25, 0.3) is 102 Å². The Kier molecular flexibility index (Phi) is 5.89. The van der Waals surface area contributed by atoms with E-state index in [-0.39, 0.29) is 0 Å². The topological polar surface area (TPSA) is 4.93 Å². The molecule has 2 aromatic heterocycles. The van der Waals surface area contributed by atoms with Crippen LogP contribution in [0.15, 0.2) is 176 Å². The van der Waals surface area contributed by atoms with Crippen molar-refractivity contribution in [3.05, 3.63) is 176 Å². The highest BCUT2D eigenvalue weighted by Crippen LogP contribution is 2.42. The molecule has 0 saturated carbocycles. The molecule has 232 valence electrons. The highest BCUT2D eigenvalue weighted by Gasteiger charge is 2.17. The van der Waals surface area contributed by atoms with Gasteiger partial charge in [-0.05, 0) is 91.0 Å². The lowest BCUT2D eigenvalue weighted by molar-refractivity contribution is 1.20. The number of thiophene rings is 1. The van der Waals surface area contributed by atoms with Crippen molar-refractivity contribution in [1.29, 1.82) is 0 Å². The van der Waals surface area contributed by atoms with E-state index in [4.69, 9.17) is 0 Å². The van der Waals surface area contributed by atoms with Gasteiger partial charge in [-0.15, -0.1) is 11.3 Å². The van der Waals surface area contributed by atoms with E-state index in [0.29, 0.717) is 0 Å². The lowest BCUT2D eigenvalue weighted by atomic mass is 9.91. The van der Waals surface area contributed by atoms with Crippen molar-refractivity contribution in [2.75, 3.05) is 0 Å². The standard InChI is InChI=1S/C48H29NS/c1-2-15-36-34(13-1)35-14-3-4-16-37(35)43-28-32(23-25-38(36)43)30-11-9-12-31(27-30)33-24-26-40-39-17-5-7-20-44(39)49(46(40)29-33)45-21-10-19-42-41-18-6-8-22-47(41)50-48(42)45/h1-29H. The van der Waals surface area contributed by atoms with Crippen LogP contribution >= 0.6 is 11.3 Å². The van der Waals surface area contributed by atoms with Crippen LogP contribution in [0.3, 0.4) is 0 Å². The summed E-state index contributed by atoms with van der Waals surface area (Å²) in [6, 6.07) is 64.9. The summed E-state index contributed by atoms with van der Waals surface area (Å²) in [4.78, 5) is 0. The molecule has 0 amide bonds. The van der Waals surface area contributed by atoms with Gasteiger partial charge in [-0.25, -0.2) is 0 Å². The van der Waals surface area contributed by atoms with Crippen molar-refractivity contribution in [3.8, 4) is 27.9 Å². The van der Waals surface area contributed by atoms with Crippen LogP contribution < -0.4 is 0 Å². The van der Waals surface area contributed by atoms with Gasteiger partial charge in [0.25, 0.3) is 0 Å². The molecule has 0 N–H and O–H groups in total. The van der Waals surface area contributed by atoms with Gasteiger partial charge in [0, 0.05) is 26.2 Å². The van der Waals surface area contributed by atoms with Gasteiger partial charge in [0.2, 0.25) is 0 Å². The molecule has 0 aliphatic rings. The number of aromatic nitrogens is 1. The average Bonchev–Trinajstić information content (AvgIpc) is 3.73. The zero-order valence-electron chi connectivity index (χ0n) is 27.1. The summed E-state index contributed by atoms with van der Waals surface area (Å²) in [5.74, 6) is 0. The molecule has 0 spiro atoms. The zero-order valence-corrected chi connectivity index (χ0v) is 27.9. The third-order valence-electron chi connectivity index (χ3n) is 10.6. The molecular formula is C48H29NS. The minimum Gasteiger partial charge on any atom is -0.308 e. The van der Waals surface area contributed by atoms with Gasteiger partial charge in [0.1, 0.15) is 0 Å². The van der Waals surface area contributed by atoms with Crippen molar-refractivity contribution in [1.82, 2.24) is 4.57 Å². The molecule has 0 fully saturated rings. The lowest BCUT2D eigenvalue weighted by Crippen LogP contribution is -1.94. The van der Waals surface area contributed by atoms with Crippen LogP contribution in [0.2, 0.25) is 0 Å². The molecule has 0 atom stereocenters. The van der Waals surface area contributed by atoms with Gasteiger partial charge in [-0.3, -0.25) is 0 Å². The van der Waals surface area contributed by atoms with Gasteiger partial charge in [0.15, 0.2) is 0 Å². The number of hydrogen-bond acceptors (Lipinski definition) is 1. The Hall–Kier alpha value is -6.22. The molecule has 0 aliphatic heterocycles. The fourth-order valence-corrected chi connectivity index (χ4v) is 9.49. The Labute approximate surface area is 292 Å². The molecule has 2 heteroatoms. The van der Waals surface area contributed by atoms with Gasteiger partial charge in [0.05, 0.1) is 21.4 Å². The quantitative estimate of drug-likeness (QED) is 0.168. The number of nitrogens with zero attached hydrogens (tertiary/aromatic N) is 1. The van der Waals surface area contributed by atoms with Crippen LogP contribution in [-0.2, 0) is 0 Å². The van der Waals surface area contributed by atoms with Crippen LogP contribution in [0.1, 0.15) is 0 Å². The predicted octanol–water partition coefficient (Wildman–Crippen LogP) is 13.9. The number of benzene rings is 9. The van der Waals surface area contributed by atoms with E-state index in [0.717, 1.165) is 0 Å². The Bertz CT molecular complexity index is 3120. The molecule has 9 aromatic carbocycles. The number of hydrogen-bond donors (Lipinski definition) is 0. The monoisotopic (exact) mass is 651 g/mol. The lowest BCUT2D eigenvalue weighted by Gasteiger charge is -2.13. The molecule has 11 rings (SSSR count). The maximum absolute atomic E-state index is 2.48. The van der Waals surface area contributed by atoms with Crippen LogP contribution in [0.4, 0.5) is 0 Å². The summed E-state index contributed by atoms with van der Waals surface area (Å²) >= 11 is 1.88. The number of rotatable bonds is 3. The summed E-state index contributed by atoms with van der Waals surface area (Å²) < 4.78 is 5.12. The summed E-state index contributed by atoms with van der Waals surface area (Å²) in [5.41, 5.74) is 8.56. The number of fused-ring (bicyclic) bond motifs is 12. The molecule has 0 radical (unpaired) electrons. The first-order chi connectivity index (χ1) is 24.8. The normalized spacial score (nSPS) is 12.0. The first-order valence-electron chi connectivity index (χ1n) is 17.2. The Morgan fingerprint density at radius 1 is 0.300 bits per heavy atom. The van der Waals surface area contributed by atoms with Crippen molar-refractivity contribution >= 4 is 85.6 Å². The maximum Gasteiger partial charge on any atom is 0.0640 e. The molecule has 50 heavy (non-hydrogen) atoms. The van der Waals surface area contributed by atoms with E-state index in [1.807, 2.05) is 11.3 Å². The SMILES string of the molecule is c1cc(-c2ccc3c4ccccc4c4ccccc4c3c2)cc(-c2ccc3c4ccccc4n(-c4cccc5c4sc4ccccc45)c3c2)c1. The van der Waals surface area contributed by atoms with Crippen LogP contribution in [0, 0.1) is 0 Å². The van der Waals surface area contributed by atoms with Crippen LogP contribution in [-0.4, -0.2) is 4.57 Å². The highest BCUT2D eigenvalue weighted by molar-refractivity contribution is 7.26. The van der Waals surface area contributed by atoms with Crippen LogP contribution in [0.5, 0.6) is 0 Å². The Balaban J connectivity index is 1.10. The first-order valence-corrected chi connectivity index (χ1v) is 18.0. The Morgan fingerprint density at radius 3 is 1.54 bits per heavy atom. The predicted molar refractivity (Wildman–Crippen MR) is 217 cm³/mol. The minimum absolute atomic E-state index is 1.21. The van der Waals surface area contributed by atoms with Gasteiger partial charge in [-0.2, -0.15) is 0 Å². The average molecular weight is 652 g/mol. The molecule has 0 aliphatic carbocycles. The third-order valence-corrected chi connectivity index (χ3v) is 11.8. The van der Waals surface area contributed by atoms with Crippen molar-refractivity contribution in [2.45, 2.75) is 0 Å². The molecule has 0 bridgehead atoms. The first kappa shape index (κ1) is 27.7. The molecular weight excluding hydrogens is 623 g/mol. The fourth-order valence-electron chi connectivity index (χ4n) is 8.28. The fraction of sp³-hybridized carbons (Fsp3) is 0. The summed E-state index contributed by atoms with van der Waals surface area (Å²) in [5, 5.41) is 13.0. The van der Waals surface area contributed by atoms with E-state index in [1.54, 1.807) is 0 Å². The van der Waals surface area contributed by atoms with E-state index >= 15 is 0 Å². The molecule has 11 aromatic rings. The van der Waals surface area contributed by atoms with E-state index in [2.05, 4.69) is 180 Å².